The van der Waals surface area contributed by atoms with E-state index in [1.807, 2.05) is 18.2 Å². The molecule has 3 aromatic rings. The number of hydrogen-bond donors (Lipinski definition) is 2. The van der Waals surface area contributed by atoms with Gasteiger partial charge in [0.2, 0.25) is 0 Å². The minimum atomic E-state index is 0.105. The number of H-pyrrole nitrogens is 1. The normalized spacial score (nSPS) is 11.9. The Morgan fingerprint density at radius 1 is 1.07 bits per heavy atom. The van der Waals surface area contributed by atoms with E-state index in [2.05, 4.69) is 44.0 Å². The lowest BCUT2D eigenvalue weighted by Crippen LogP contribution is -2.10. The zero-order valence-corrected chi connectivity index (χ0v) is 17.4. The van der Waals surface area contributed by atoms with Gasteiger partial charge in [-0.1, -0.05) is 38.4 Å². The van der Waals surface area contributed by atoms with Crippen molar-refractivity contribution < 1.29 is 4.74 Å². The number of ether oxygens (including phenoxy) is 1. The van der Waals surface area contributed by atoms with E-state index < -0.39 is 0 Å². The van der Waals surface area contributed by atoms with Gasteiger partial charge in [-0.25, -0.2) is 0 Å². The van der Waals surface area contributed by atoms with Crippen molar-refractivity contribution in [1.29, 1.82) is 0 Å². The lowest BCUT2D eigenvalue weighted by atomic mass is 9.86. The average Bonchev–Trinajstić information content (AvgIpc) is 2.99. The maximum atomic E-state index is 6.30. The summed E-state index contributed by atoms with van der Waals surface area (Å²) in [6, 6.07) is 12.5. The van der Waals surface area contributed by atoms with Crippen LogP contribution in [0.3, 0.4) is 0 Å². The van der Waals surface area contributed by atoms with Crippen molar-refractivity contribution in [2.45, 2.75) is 45.4 Å². The number of aryl methyl sites for hydroxylation is 1. The number of aromatic nitrogens is 1. The van der Waals surface area contributed by atoms with E-state index in [1.165, 1.54) is 16.5 Å². The molecular formula is C23H29ClN2O. The number of aromatic amines is 1. The summed E-state index contributed by atoms with van der Waals surface area (Å²) in [7, 11) is 1.70. The molecule has 0 saturated heterocycles. The summed E-state index contributed by atoms with van der Waals surface area (Å²) < 4.78 is 5.61. The number of methoxy groups -OCH3 is 1. The van der Waals surface area contributed by atoms with Crippen molar-refractivity contribution in [2.24, 2.45) is 5.73 Å². The number of rotatable bonds is 6. The summed E-state index contributed by atoms with van der Waals surface area (Å²) in [5.41, 5.74) is 11.7. The smallest absolute Gasteiger partial charge is 0.128 e. The first-order valence-electron chi connectivity index (χ1n) is 9.54. The van der Waals surface area contributed by atoms with Crippen molar-refractivity contribution in [3.63, 3.8) is 0 Å². The van der Waals surface area contributed by atoms with Crippen molar-refractivity contribution in [3.05, 3.63) is 52.5 Å². The summed E-state index contributed by atoms with van der Waals surface area (Å²) in [5, 5.41) is 1.98. The fraction of sp³-hybridized carbons (Fsp3) is 0.391. The molecule has 0 saturated carbocycles. The van der Waals surface area contributed by atoms with E-state index >= 15 is 0 Å². The van der Waals surface area contributed by atoms with Crippen LogP contribution in [0.5, 0.6) is 5.75 Å². The molecule has 1 heterocycles. The molecule has 0 aliphatic carbocycles. The molecule has 0 amide bonds. The maximum absolute atomic E-state index is 6.30. The highest BCUT2D eigenvalue weighted by Gasteiger charge is 2.20. The lowest BCUT2D eigenvalue weighted by molar-refractivity contribution is 0.416. The Bertz CT molecular complexity index is 937. The van der Waals surface area contributed by atoms with Gasteiger partial charge in [0.1, 0.15) is 5.75 Å². The quantitative estimate of drug-likeness (QED) is 0.506. The Morgan fingerprint density at radius 3 is 2.52 bits per heavy atom. The number of nitrogens with two attached hydrogens (primary N) is 1. The van der Waals surface area contributed by atoms with Gasteiger partial charge in [0.05, 0.1) is 12.8 Å². The zero-order valence-electron chi connectivity index (χ0n) is 16.7. The van der Waals surface area contributed by atoms with Crippen molar-refractivity contribution in [3.8, 4) is 17.0 Å². The van der Waals surface area contributed by atoms with Gasteiger partial charge in [-0.3, -0.25) is 0 Å². The van der Waals surface area contributed by atoms with Crippen LogP contribution in [0, 0.1) is 0 Å². The van der Waals surface area contributed by atoms with Crippen LogP contribution < -0.4 is 10.5 Å². The number of hydrogen-bond acceptors (Lipinski definition) is 2. The van der Waals surface area contributed by atoms with Crippen molar-refractivity contribution >= 4 is 22.5 Å². The minimum Gasteiger partial charge on any atom is -0.496 e. The van der Waals surface area contributed by atoms with Gasteiger partial charge in [-0.2, -0.15) is 0 Å². The molecule has 0 unspecified atom stereocenters. The molecule has 3 nitrogen and oxygen atoms in total. The SMILES string of the molecule is COc1ccc(Cl)cc1-c1[nH]c2ccc(C(C)(C)C)cc2c1CCCCN. The van der Waals surface area contributed by atoms with Crippen LogP contribution in [0.15, 0.2) is 36.4 Å². The third-order valence-corrected chi connectivity index (χ3v) is 5.32. The summed E-state index contributed by atoms with van der Waals surface area (Å²) in [4.78, 5) is 3.62. The molecule has 0 aliphatic heterocycles. The number of halogens is 1. The fourth-order valence-corrected chi connectivity index (χ4v) is 3.70. The lowest BCUT2D eigenvalue weighted by Gasteiger charge is -2.19. The van der Waals surface area contributed by atoms with Crippen LogP contribution in [-0.4, -0.2) is 18.6 Å². The van der Waals surface area contributed by atoms with E-state index in [1.54, 1.807) is 7.11 Å². The molecule has 3 rings (SSSR count). The van der Waals surface area contributed by atoms with E-state index in [0.29, 0.717) is 11.6 Å². The molecule has 2 aromatic carbocycles. The highest BCUT2D eigenvalue weighted by Crippen LogP contribution is 2.39. The van der Waals surface area contributed by atoms with E-state index in [0.717, 1.165) is 41.8 Å². The summed E-state index contributed by atoms with van der Waals surface area (Å²) >= 11 is 6.30. The minimum absolute atomic E-state index is 0.105. The average molecular weight is 385 g/mol. The van der Waals surface area contributed by atoms with Gasteiger partial charge < -0.3 is 15.5 Å². The number of fused-ring (bicyclic) bond motifs is 1. The highest BCUT2D eigenvalue weighted by atomic mass is 35.5. The zero-order chi connectivity index (χ0) is 19.6. The molecule has 0 bridgehead atoms. The molecule has 0 atom stereocenters. The molecule has 0 spiro atoms. The molecule has 4 heteroatoms. The molecule has 0 radical (unpaired) electrons. The molecule has 27 heavy (non-hydrogen) atoms. The Labute approximate surface area is 166 Å². The van der Waals surface area contributed by atoms with E-state index in [-0.39, 0.29) is 5.41 Å². The first-order chi connectivity index (χ1) is 12.8. The maximum Gasteiger partial charge on any atom is 0.128 e. The Balaban J connectivity index is 2.22. The van der Waals surface area contributed by atoms with Crippen LogP contribution >= 0.6 is 11.6 Å². The standard InChI is InChI=1S/C23H29ClN2O/c1-23(2,3)15-8-10-20-18(13-15)17(7-5-6-12-25)22(26-20)19-14-16(24)9-11-21(19)27-4/h8-11,13-14,26H,5-7,12,25H2,1-4H3. The topological polar surface area (TPSA) is 51.0 Å². The second kappa shape index (κ2) is 7.95. The predicted molar refractivity (Wildman–Crippen MR) is 116 cm³/mol. The van der Waals surface area contributed by atoms with Gasteiger partial charge in [-0.15, -0.1) is 0 Å². The second-order valence-corrected chi connectivity index (χ2v) is 8.52. The van der Waals surface area contributed by atoms with Crippen LogP contribution in [0.2, 0.25) is 5.02 Å². The molecule has 1 aromatic heterocycles. The number of benzene rings is 2. The van der Waals surface area contributed by atoms with Crippen molar-refractivity contribution in [1.82, 2.24) is 4.98 Å². The number of nitrogens with one attached hydrogen (secondary N) is 1. The molecule has 0 fully saturated rings. The highest BCUT2D eigenvalue weighted by molar-refractivity contribution is 6.31. The van der Waals surface area contributed by atoms with Gasteiger partial charge in [0.25, 0.3) is 0 Å². The molecule has 0 aliphatic rings. The molecular weight excluding hydrogens is 356 g/mol. The molecule has 144 valence electrons. The van der Waals surface area contributed by atoms with Crippen LogP contribution in [0.25, 0.3) is 22.2 Å². The van der Waals surface area contributed by atoms with E-state index in [4.69, 9.17) is 22.1 Å². The van der Waals surface area contributed by atoms with Gasteiger partial charge in [0, 0.05) is 21.5 Å². The predicted octanol–water partition coefficient (Wildman–Crippen LogP) is 6.08. The third kappa shape index (κ3) is 4.15. The Kier molecular flexibility index (Phi) is 5.83. The second-order valence-electron chi connectivity index (χ2n) is 8.08. The van der Waals surface area contributed by atoms with Gasteiger partial charge in [0.15, 0.2) is 0 Å². The third-order valence-electron chi connectivity index (χ3n) is 5.08. The Morgan fingerprint density at radius 2 is 1.85 bits per heavy atom. The summed E-state index contributed by atoms with van der Waals surface area (Å²) in [6.07, 6.45) is 3.03. The summed E-state index contributed by atoms with van der Waals surface area (Å²) in [6.45, 7) is 7.45. The van der Waals surface area contributed by atoms with Crippen LogP contribution in [0.1, 0.15) is 44.7 Å². The fourth-order valence-electron chi connectivity index (χ4n) is 3.53. The largest absolute Gasteiger partial charge is 0.496 e. The van der Waals surface area contributed by atoms with Gasteiger partial charge >= 0.3 is 0 Å². The summed E-state index contributed by atoms with van der Waals surface area (Å²) in [5.74, 6) is 0.821. The van der Waals surface area contributed by atoms with Gasteiger partial charge in [-0.05, 0) is 72.7 Å². The monoisotopic (exact) mass is 384 g/mol. The number of unbranched alkanes of at least 4 members (excludes halogenated alkanes) is 1. The van der Waals surface area contributed by atoms with Crippen LogP contribution in [0.4, 0.5) is 0 Å². The first-order valence-corrected chi connectivity index (χ1v) is 9.92. The van der Waals surface area contributed by atoms with E-state index in [9.17, 15) is 0 Å². The first kappa shape index (κ1) is 19.8. The van der Waals surface area contributed by atoms with Crippen molar-refractivity contribution in [2.75, 3.05) is 13.7 Å². The van der Waals surface area contributed by atoms with Crippen LogP contribution in [-0.2, 0) is 11.8 Å². The molecule has 3 N–H and O–H groups in total. The Hall–Kier alpha value is -1.97.